The summed E-state index contributed by atoms with van der Waals surface area (Å²) in [6.45, 7) is 2.07. The Morgan fingerprint density at radius 2 is 1.98 bits per heavy atom. The van der Waals surface area contributed by atoms with Crippen LogP contribution < -0.4 is 5.32 Å². The summed E-state index contributed by atoms with van der Waals surface area (Å²) in [7, 11) is 3.91. The summed E-state index contributed by atoms with van der Waals surface area (Å²) in [5.74, 6) is 0.871. The van der Waals surface area contributed by atoms with Gasteiger partial charge in [-0.1, -0.05) is 29.8 Å². The van der Waals surface area contributed by atoms with Crippen LogP contribution in [-0.2, 0) is 11.2 Å². The van der Waals surface area contributed by atoms with Crippen molar-refractivity contribution < 1.29 is 9.59 Å². The van der Waals surface area contributed by atoms with E-state index in [0.29, 0.717) is 47.9 Å². The smallest absolute Gasteiger partial charge is 0.253 e. The van der Waals surface area contributed by atoms with Crippen molar-refractivity contribution in [1.82, 2.24) is 24.8 Å². The predicted octanol–water partition coefficient (Wildman–Crippen LogP) is 5.56. The van der Waals surface area contributed by atoms with E-state index in [1.165, 1.54) is 0 Å². The maximum absolute atomic E-state index is 13.3. The molecule has 41 heavy (non-hydrogen) atoms. The number of piperidine rings is 1. The second kappa shape index (κ2) is 13.1. The number of hydrogen-bond donors (Lipinski definition) is 3. The van der Waals surface area contributed by atoms with Gasteiger partial charge >= 0.3 is 0 Å². The van der Waals surface area contributed by atoms with Gasteiger partial charge in [0.05, 0.1) is 10.7 Å². The van der Waals surface area contributed by atoms with Crippen molar-refractivity contribution >= 4 is 52.6 Å². The van der Waals surface area contributed by atoms with Crippen LogP contribution in [0.2, 0.25) is 5.02 Å². The lowest BCUT2D eigenvalue weighted by atomic mass is 9.94. The van der Waals surface area contributed by atoms with Gasteiger partial charge in [-0.15, -0.1) is 0 Å². The summed E-state index contributed by atoms with van der Waals surface area (Å²) < 4.78 is 0. The molecule has 0 spiro atoms. The zero-order chi connectivity index (χ0) is 28.9. The van der Waals surface area contributed by atoms with Crippen molar-refractivity contribution in [1.29, 1.82) is 0 Å². The summed E-state index contributed by atoms with van der Waals surface area (Å²) in [4.78, 5) is 42.2. The number of amides is 2. The number of nitrogens with zero attached hydrogens (tertiary/aromatic N) is 4. The molecule has 3 heterocycles. The van der Waals surface area contributed by atoms with Crippen molar-refractivity contribution in [3.63, 3.8) is 0 Å². The molecule has 1 saturated heterocycles. The minimum Gasteiger partial charge on any atom is -0.360 e. The monoisotopic (exact) mass is 590 g/mol. The topological polar surface area (TPSA) is 94.2 Å². The molecule has 1 unspecified atom stereocenters. The van der Waals surface area contributed by atoms with Gasteiger partial charge in [0.2, 0.25) is 5.91 Å². The fraction of sp³-hybridized carbons (Fsp3) is 0.355. The van der Waals surface area contributed by atoms with E-state index in [1.807, 2.05) is 54.4 Å². The van der Waals surface area contributed by atoms with E-state index in [2.05, 4.69) is 27.9 Å². The maximum atomic E-state index is 13.3. The molecule has 8 nitrogen and oxygen atoms in total. The van der Waals surface area contributed by atoms with Crippen LogP contribution in [0, 0.1) is 5.92 Å². The van der Waals surface area contributed by atoms with Crippen LogP contribution in [0.1, 0.15) is 35.4 Å². The van der Waals surface area contributed by atoms with Gasteiger partial charge in [-0.05, 0) is 63.2 Å². The van der Waals surface area contributed by atoms with E-state index in [-0.39, 0.29) is 23.0 Å². The Morgan fingerprint density at radius 3 is 2.76 bits per heavy atom. The largest absolute Gasteiger partial charge is 0.360 e. The fourth-order valence-electron chi connectivity index (χ4n) is 5.42. The highest BCUT2D eigenvalue weighted by molar-refractivity contribution is 7.81. The predicted molar refractivity (Wildman–Crippen MR) is 168 cm³/mol. The minimum atomic E-state index is -0.0953. The van der Waals surface area contributed by atoms with Crippen LogP contribution in [0.4, 0.5) is 5.69 Å². The standard InChI is InChI=1S/C31H35ClN6O2S/c1-37(2)19-23(41)15-29(39)35-22-11-9-21(10-12-22)31(40)38-13-5-6-20(18-38)14-28-34-17-26(32)30(36-28)25-16-33-27-8-4-3-7-24(25)27/h3-4,7-12,16-17,20,23,33,41H,5-6,13-15,18-19H2,1-2H3,(H,35,39)/t20-,23?/m0/s1. The highest BCUT2D eigenvalue weighted by atomic mass is 35.5. The molecule has 2 atom stereocenters. The van der Waals surface area contributed by atoms with Crippen molar-refractivity contribution in [3.8, 4) is 11.3 Å². The third-order valence-electron chi connectivity index (χ3n) is 7.33. The molecule has 1 fully saturated rings. The Morgan fingerprint density at radius 1 is 1.20 bits per heavy atom. The van der Waals surface area contributed by atoms with Gasteiger partial charge < -0.3 is 20.1 Å². The Balaban J connectivity index is 1.20. The number of thiol groups is 1. The first-order chi connectivity index (χ1) is 19.8. The number of rotatable bonds is 9. The lowest BCUT2D eigenvalue weighted by Gasteiger charge is -2.32. The number of aromatic nitrogens is 3. The van der Waals surface area contributed by atoms with Crippen LogP contribution in [0.5, 0.6) is 0 Å². The Bertz CT molecular complexity index is 1520. The first kappa shape index (κ1) is 29.1. The Kier molecular flexibility index (Phi) is 9.27. The second-order valence-corrected chi connectivity index (χ2v) is 12.1. The summed E-state index contributed by atoms with van der Waals surface area (Å²) in [5, 5.41) is 4.43. The van der Waals surface area contributed by atoms with Crippen LogP contribution >= 0.6 is 24.2 Å². The first-order valence-electron chi connectivity index (χ1n) is 13.9. The number of likely N-dealkylation sites (tertiary alicyclic amines) is 1. The molecule has 0 radical (unpaired) electrons. The number of H-pyrrole nitrogens is 1. The van der Waals surface area contributed by atoms with Crippen LogP contribution in [-0.4, -0.2) is 75.5 Å². The zero-order valence-corrected chi connectivity index (χ0v) is 25.0. The molecule has 0 aliphatic carbocycles. The third-order valence-corrected chi connectivity index (χ3v) is 7.95. The molecule has 2 aromatic heterocycles. The number of aromatic amines is 1. The summed E-state index contributed by atoms with van der Waals surface area (Å²) in [6.07, 6.45) is 6.52. The number of halogens is 1. The second-order valence-electron chi connectivity index (χ2n) is 10.9. The van der Waals surface area contributed by atoms with Gasteiger partial charge in [0.25, 0.3) is 5.91 Å². The van der Waals surface area contributed by atoms with Gasteiger partial charge in [-0.25, -0.2) is 9.97 Å². The number of fused-ring (bicyclic) bond motifs is 1. The third kappa shape index (κ3) is 7.28. The molecular weight excluding hydrogens is 556 g/mol. The van der Waals surface area contributed by atoms with E-state index in [4.69, 9.17) is 16.6 Å². The molecule has 1 aliphatic rings. The molecule has 214 valence electrons. The van der Waals surface area contributed by atoms with Gasteiger partial charge in [0, 0.05) is 77.8 Å². The zero-order valence-electron chi connectivity index (χ0n) is 23.3. The van der Waals surface area contributed by atoms with Crippen molar-refractivity contribution in [2.75, 3.05) is 39.0 Å². The molecule has 10 heteroatoms. The molecule has 2 aromatic carbocycles. The van der Waals surface area contributed by atoms with E-state index >= 15 is 0 Å². The quantitative estimate of drug-likeness (QED) is 0.222. The van der Waals surface area contributed by atoms with Crippen LogP contribution in [0.3, 0.4) is 0 Å². The average molecular weight is 591 g/mol. The number of carbonyl (C=O) groups is 2. The molecular formula is C31H35ClN6O2S. The summed E-state index contributed by atoms with van der Waals surface area (Å²) in [6, 6.07) is 15.2. The van der Waals surface area contributed by atoms with E-state index in [9.17, 15) is 9.59 Å². The molecule has 2 amide bonds. The summed E-state index contributed by atoms with van der Waals surface area (Å²) >= 11 is 11.0. The van der Waals surface area contributed by atoms with E-state index in [0.717, 1.165) is 41.7 Å². The lowest BCUT2D eigenvalue weighted by Crippen LogP contribution is -2.40. The van der Waals surface area contributed by atoms with Crippen molar-refractivity contribution in [3.05, 3.63) is 77.3 Å². The summed E-state index contributed by atoms with van der Waals surface area (Å²) in [5.41, 5.74) is 3.97. The number of anilines is 1. The number of carbonyl (C=O) groups excluding carboxylic acids is 2. The van der Waals surface area contributed by atoms with E-state index in [1.54, 1.807) is 30.5 Å². The fourth-order valence-corrected chi connectivity index (χ4v) is 6.11. The van der Waals surface area contributed by atoms with Gasteiger partial charge in [0.1, 0.15) is 5.82 Å². The molecule has 4 aromatic rings. The number of hydrogen-bond acceptors (Lipinski definition) is 6. The maximum Gasteiger partial charge on any atom is 0.253 e. The molecule has 0 bridgehead atoms. The number of para-hydroxylation sites is 1. The van der Waals surface area contributed by atoms with Crippen molar-refractivity contribution in [2.45, 2.75) is 30.9 Å². The molecule has 1 aliphatic heterocycles. The van der Waals surface area contributed by atoms with Crippen molar-refractivity contribution in [2.24, 2.45) is 5.92 Å². The van der Waals surface area contributed by atoms with E-state index < -0.39 is 0 Å². The van der Waals surface area contributed by atoms with Gasteiger partial charge in [-0.3, -0.25) is 9.59 Å². The molecule has 2 N–H and O–H groups in total. The normalized spacial score (nSPS) is 16.2. The van der Waals surface area contributed by atoms with Crippen LogP contribution in [0.15, 0.2) is 60.9 Å². The number of benzene rings is 2. The van der Waals surface area contributed by atoms with Gasteiger partial charge in [0.15, 0.2) is 0 Å². The highest BCUT2D eigenvalue weighted by Gasteiger charge is 2.26. The number of nitrogens with one attached hydrogen (secondary N) is 2. The minimum absolute atomic E-state index is 0.00881. The highest BCUT2D eigenvalue weighted by Crippen LogP contribution is 2.32. The SMILES string of the molecule is CN(C)CC(S)CC(=O)Nc1ccc(C(=O)N2CCC[C@@H](Cc3ncc(Cl)c(-c4c[nH]c5ccccc45)n3)C2)cc1. The first-order valence-corrected chi connectivity index (χ1v) is 14.8. The Labute approximate surface area is 250 Å². The van der Waals surface area contributed by atoms with Crippen LogP contribution in [0.25, 0.3) is 22.2 Å². The molecule has 5 rings (SSSR count). The van der Waals surface area contributed by atoms with Gasteiger partial charge in [-0.2, -0.15) is 12.6 Å². The Hall–Kier alpha value is -3.40. The molecule has 0 saturated carbocycles. The average Bonchev–Trinajstić information content (AvgIpc) is 3.38. The lowest BCUT2D eigenvalue weighted by molar-refractivity contribution is -0.116.